The molecule has 26 heavy (non-hydrogen) atoms. The number of piperazine rings is 1. The van der Waals surface area contributed by atoms with Crippen molar-refractivity contribution < 1.29 is 14.3 Å². The lowest BCUT2D eigenvalue weighted by Crippen LogP contribution is -2.47. The zero-order valence-electron chi connectivity index (χ0n) is 14.2. The standard InChI is InChI=1S/C19H20ClN3O3/c20-16-3-1-2-4-17(16)26-13-19(25)22-11-14-5-7-15(8-6-14)23-10-9-21-18(24)12-23/h1-8H,9-13H2,(H,21,24)(H,22,25). The molecule has 0 atom stereocenters. The number of ether oxygens (including phenoxy) is 1. The lowest BCUT2D eigenvalue weighted by molar-refractivity contribution is -0.123. The maximum atomic E-state index is 11.9. The van der Waals surface area contributed by atoms with Crippen LogP contribution in [0.4, 0.5) is 5.69 Å². The van der Waals surface area contributed by atoms with E-state index in [9.17, 15) is 9.59 Å². The normalized spacial score (nSPS) is 13.9. The molecule has 1 heterocycles. The van der Waals surface area contributed by atoms with Crippen molar-refractivity contribution in [2.24, 2.45) is 0 Å². The van der Waals surface area contributed by atoms with Crippen LogP contribution in [-0.4, -0.2) is 38.1 Å². The fourth-order valence-electron chi connectivity index (χ4n) is 2.64. The van der Waals surface area contributed by atoms with Crippen LogP contribution in [0.25, 0.3) is 0 Å². The summed E-state index contributed by atoms with van der Waals surface area (Å²) in [6.45, 7) is 2.13. The molecule has 0 aromatic heterocycles. The molecule has 1 fully saturated rings. The third kappa shape index (κ3) is 4.89. The van der Waals surface area contributed by atoms with Gasteiger partial charge in [-0.3, -0.25) is 9.59 Å². The Morgan fingerprint density at radius 2 is 1.96 bits per heavy atom. The Balaban J connectivity index is 1.46. The summed E-state index contributed by atoms with van der Waals surface area (Å²) in [6, 6.07) is 14.8. The minimum atomic E-state index is -0.221. The first kappa shape index (κ1) is 18.1. The Hall–Kier alpha value is -2.73. The van der Waals surface area contributed by atoms with E-state index >= 15 is 0 Å². The zero-order valence-corrected chi connectivity index (χ0v) is 15.0. The summed E-state index contributed by atoms with van der Waals surface area (Å²) in [5.41, 5.74) is 1.97. The van der Waals surface area contributed by atoms with Gasteiger partial charge in [-0.25, -0.2) is 0 Å². The Kier molecular flexibility index (Phi) is 5.96. The summed E-state index contributed by atoms with van der Waals surface area (Å²) < 4.78 is 5.41. The van der Waals surface area contributed by atoms with Crippen molar-refractivity contribution in [2.45, 2.75) is 6.54 Å². The average molecular weight is 374 g/mol. The summed E-state index contributed by atoms with van der Waals surface area (Å²) in [4.78, 5) is 25.4. The van der Waals surface area contributed by atoms with Crippen molar-refractivity contribution in [1.29, 1.82) is 0 Å². The van der Waals surface area contributed by atoms with E-state index in [1.165, 1.54) is 0 Å². The summed E-state index contributed by atoms with van der Waals surface area (Å²) in [5.74, 6) is 0.298. The first-order valence-electron chi connectivity index (χ1n) is 8.36. The first-order chi connectivity index (χ1) is 12.6. The molecule has 0 unspecified atom stereocenters. The molecule has 136 valence electrons. The second-order valence-corrected chi connectivity index (χ2v) is 6.34. The molecular formula is C19H20ClN3O3. The minimum absolute atomic E-state index is 0.0334. The van der Waals surface area contributed by atoms with Gasteiger partial charge in [0.15, 0.2) is 6.61 Å². The molecule has 3 rings (SSSR count). The molecule has 0 bridgehead atoms. The number of hydrogen-bond donors (Lipinski definition) is 2. The van der Waals surface area contributed by atoms with Gasteiger partial charge in [-0.2, -0.15) is 0 Å². The molecule has 1 saturated heterocycles. The number of benzene rings is 2. The van der Waals surface area contributed by atoms with Crippen LogP contribution < -0.4 is 20.3 Å². The van der Waals surface area contributed by atoms with E-state index < -0.39 is 0 Å². The van der Waals surface area contributed by atoms with Gasteiger partial charge in [0, 0.05) is 25.3 Å². The van der Waals surface area contributed by atoms with E-state index in [0.29, 0.717) is 30.4 Å². The second kappa shape index (κ2) is 8.58. The van der Waals surface area contributed by atoms with Crippen LogP contribution in [0.3, 0.4) is 0 Å². The van der Waals surface area contributed by atoms with Crippen molar-refractivity contribution in [3.05, 3.63) is 59.1 Å². The number of halogens is 1. The minimum Gasteiger partial charge on any atom is -0.482 e. The monoisotopic (exact) mass is 373 g/mol. The Morgan fingerprint density at radius 1 is 1.19 bits per heavy atom. The molecule has 2 amide bonds. The van der Waals surface area contributed by atoms with Crippen molar-refractivity contribution in [3.8, 4) is 5.75 Å². The zero-order chi connectivity index (χ0) is 18.4. The molecule has 0 spiro atoms. The van der Waals surface area contributed by atoms with Crippen LogP contribution in [-0.2, 0) is 16.1 Å². The molecule has 7 heteroatoms. The van der Waals surface area contributed by atoms with E-state index in [-0.39, 0.29) is 18.4 Å². The van der Waals surface area contributed by atoms with E-state index in [1.807, 2.05) is 29.2 Å². The Labute approximate surface area is 157 Å². The fraction of sp³-hybridized carbons (Fsp3) is 0.263. The Morgan fingerprint density at radius 3 is 2.69 bits per heavy atom. The highest BCUT2D eigenvalue weighted by Crippen LogP contribution is 2.22. The quantitative estimate of drug-likeness (QED) is 0.812. The molecule has 1 aliphatic heterocycles. The second-order valence-electron chi connectivity index (χ2n) is 5.93. The number of carbonyl (C=O) groups excluding carboxylic acids is 2. The van der Waals surface area contributed by atoms with Gasteiger partial charge in [-0.1, -0.05) is 35.9 Å². The lowest BCUT2D eigenvalue weighted by atomic mass is 10.2. The summed E-state index contributed by atoms with van der Waals surface area (Å²) in [6.07, 6.45) is 0. The molecule has 6 nitrogen and oxygen atoms in total. The van der Waals surface area contributed by atoms with Crippen LogP contribution in [0.5, 0.6) is 5.75 Å². The van der Waals surface area contributed by atoms with E-state index in [2.05, 4.69) is 10.6 Å². The van der Waals surface area contributed by atoms with Crippen LogP contribution in [0.15, 0.2) is 48.5 Å². The third-order valence-corrected chi connectivity index (χ3v) is 4.34. The van der Waals surface area contributed by atoms with Gasteiger partial charge in [0.1, 0.15) is 5.75 Å². The van der Waals surface area contributed by atoms with Gasteiger partial charge in [0.25, 0.3) is 5.91 Å². The molecule has 2 N–H and O–H groups in total. The van der Waals surface area contributed by atoms with Crippen molar-refractivity contribution >= 4 is 29.1 Å². The predicted molar refractivity (Wildman–Crippen MR) is 100 cm³/mol. The number of amides is 2. The highest BCUT2D eigenvalue weighted by atomic mass is 35.5. The molecular weight excluding hydrogens is 354 g/mol. The van der Waals surface area contributed by atoms with Gasteiger partial charge in [0.05, 0.1) is 11.6 Å². The number of carbonyl (C=O) groups is 2. The van der Waals surface area contributed by atoms with Gasteiger partial charge >= 0.3 is 0 Å². The van der Waals surface area contributed by atoms with Crippen LogP contribution in [0, 0.1) is 0 Å². The van der Waals surface area contributed by atoms with E-state index in [4.69, 9.17) is 16.3 Å². The smallest absolute Gasteiger partial charge is 0.258 e. The number of rotatable bonds is 6. The molecule has 0 saturated carbocycles. The largest absolute Gasteiger partial charge is 0.482 e. The highest BCUT2D eigenvalue weighted by Gasteiger charge is 2.16. The first-order valence-corrected chi connectivity index (χ1v) is 8.74. The number of nitrogens with zero attached hydrogens (tertiary/aromatic N) is 1. The summed E-state index contributed by atoms with van der Waals surface area (Å²) >= 11 is 5.98. The maximum absolute atomic E-state index is 11.9. The summed E-state index contributed by atoms with van der Waals surface area (Å²) in [7, 11) is 0. The van der Waals surface area contributed by atoms with Crippen molar-refractivity contribution in [2.75, 3.05) is 31.1 Å². The van der Waals surface area contributed by atoms with Crippen LogP contribution in [0.2, 0.25) is 5.02 Å². The fourth-order valence-corrected chi connectivity index (χ4v) is 2.83. The van der Waals surface area contributed by atoms with Gasteiger partial charge in [0.2, 0.25) is 5.91 Å². The lowest BCUT2D eigenvalue weighted by Gasteiger charge is -2.28. The molecule has 0 aliphatic carbocycles. The topological polar surface area (TPSA) is 70.7 Å². The summed E-state index contributed by atoms with van der Waals surface area (Å²) in [5, 5.41) is 6.09. The highest BCUT2D eigenvalue weighted by molar-refractivity contribution is 6.32. The van der Waals surface area contributed by atoms with Gasteiger partial charge in [-0.05, 0) is 29.8 Å². The third-order valence-electron chi connectivity index (χ3n) is 4.02. The molecule has 1 aliphatic rings. The van der Waals surface area contributed by atoms with Crippen molar-refractivity contribution in [3.63, 3.8) is 0 Å². The average Bonchev–Trinajstić information content (AvgIpc) is 2.66. The predicted octanol–water partition coefficient (Wildman–Crippen LogP) is 1.97. The Bertz CT molecular complexity index is 780. The van der Waals surface area contributed by atoms with Gasteiger partial charge in [-0.15, -0.1) is 0 Å². The van der Waals surface area contributed by atoms with Crippen molar-refractivity contribution in [1.82, 2.24) is 10.6 Å². The SMILES string of the molecule is O=C(COc1ccccc1Cl)NCc1ccc(N2CCNC(=O)C2)cc1. The van der Waals surface area contributed by atoms with Crippen LogP contribution in [0.1, 0.15) is 5.56 Å². The van der Waals surface area contributed by atoms with Gasteiger partial charge < -0.3 is 20.3 Å². The van der Waals surface area contributed by atoms with E-state index in [0.717, 1.165) is 17.8 Å². The number of para-hydroxylation sites is 1. The molecule has 2 aromatic rings. The maximum Gasteiger partial charge on any atom is 0.258 e. The molecule has 0 radical (unpaired) electrons. The number of anilines is 1. The van der Waals surface area contributed by atoms with Crippen LogP contribution >= 0.6 is 11.6 Å². The number of nitrogens with one attached hydrogen (secondary N) is 2. The molecule has 2 aromatic carbocycles. The number of hydrogen-bond acceptors (Lipinski definition) is 4. The van der Waals surface area contributed by atoms with E-state index in [1.54, 1.807) is 24.3 Å².